The molecule has 0 spiro atoms. The van der Waals surface area contributed by atoms with Crippen LogP contribution in [0.1, 0.15) is 19.4 Å². The molecule has 0 N–H and O–H groups in total. The minimum absolute atomic E-state index is 0.208. The lowest BCUT2D eigenvalue weighted by molar-refractivity contribution is 0.0830. The number of benzene rings is 1. The lowest BCUT2D eigenvalue weighted by Crippen LogP contribution is -2.11. The number of ether oxygens (including phenoxy) is 1. The Balaban J connectivity index is 2.34. The molecular formula is C12H17NO. The van der Waals surface area contributed by atoms with Crippen molar-refractivity contribution in [1.82, 2.24) is 0 Å². The van der Waals surface area contributed by atoms with Crippen LogP contribution in [-0.4, -0.2) is 25.5 Å². The maximum atomic E-state index is 5.37. The van der Waals surface area contributed by atoms with E-state index in [1.54, 1.807) is 0 Å². The fourth-order valence-corrected chi connectivity index (χ4v) is 1.18. The maximum absolute atomic E-state index is 5.37. The van der Waals surface area contributed by atoms with Gasteiger partial charge in [-0.3, -0.25) is 4.99 Å². The Bertz CT molecular complexity index is 269. The van der Waals surface area contributed by atoms with Crippen LogP contribution in [0.5, 0.6) is 0 Å². The Labute approximate surface area is 85.6 Å². The average Bonchev–Trinajstić information content (AvgIpc) is 2.20. The van der Waals surface area contributed by atoms with Crippen LogP contribution >= 0.6 is 0 Å². The van der Waals surface area contributed by atoms with E-state index in [0.29, 0.717) is 0 Å². The Morgan fingerprint density at radius 1 is 1.36 bits per heavy atom. The Kier molecular flexibility index (Phi) is 4.94. The van der Waals surface area contributed by atoms with Crippen LogP contribution in [0.3, 0.4) is 0 Å². The first-order chi connectivity index (χ1) is 6.83. The molecule has 1 atom stereocenters. The van der Waals surface area contributed by atoms with Gasteiger partial charge in [0.25, 0.3) is 0 Å². The topological polar surface area (TPSA) is 21.6 Å². The molecule has 0 saturated carbocycles. The molecule has 2 nitrogen and oxygen atoms in total. The molecule has 0 aliphatic heterocycles. The average molecular weight is 191 g/mol. The molecular weight excluding hydrogens is 174 g/mol. The zero-order valence-electron chi connectivity index (χ0n) is 8.81. The maximum Gasteiger partial charge on any atom is 0.0741 e. The van der Waals surface area contributed by atoms with E-state index in [-0.39, 0.29) is 6.10 Å². The molecule has 0 aliphatic rings. The lowest BCUT2D eigenvalue weighted by Gasteiger charge is -2.06. The molecule has 1 aromatic rings. The lowest BCUT2D eigenvalue weighted by atomic mass is 10.2. The summed E-state index contributed by atoms with van der Waals surface area (Å²) >= 11 is 0. The van der Waals surface area contributed by atoms with Crippen molar-refractivity contribution in [2.45, 2.75) is 20.0 Å². The van der Waals surface area contributed by atoms with Crippen molar-refractivity contribution in [2.75, 3.05) is 13.2 Å². The van der Waals surface area contributed by atoms with Gasteiger partial charge in [-0.15, -0.1) is 0 Å². The molecule has 0 fully saturated rings. The predicted molar refractivity (Wildman–Crippen MR) is 60.0 cm³/mol. The van der Waals surface area contributed by atoms with E-state index in [0.717, 1.165) is 18.7 Å². The fraction of sp³-hybridized carbons (Fsp3) is 0.417. The van der Waals surface area contributed by atoms with Crippen LogP contribution in [0.2, 0.25) is 0 Å². The second-order valence-electron chi connectivity index (χ2n) is 3.17. The molecule has 0 bridgehead atoms. The minimum atomic E-state index is 0.208. The van der Waals surface area contributed by atoms with Crippen molar-refractivity contribution in [3.8, 4) is 0 Å². The predicted octanol–water partition coefficient (Wildman–Crippen LogP) is 2.53. The van der Waals surface area contributed by atoms with E-state index in [1.165, 1.54) is 0 Å². The van der Waals surface area contributed by atoms with Crippen LogP contribution in [-0.2, 0) is 4.74 Å². The first-order valence-electron chi connectivity index (χ1n) is 4.99. The van der Waals surface area contributed by atoms with E-state index in [2.05, 4.69) is 4.99 Å². The summed E-state index contributed by atoms with van der Waals surface area (Å²) < 4.78 is 5.37. The number of nitrogens with zero attached hydrogens (tertiary/aromatic N) is 1. The van der Waals surface area contributed by atoms with Gasteiger partial charge in [-0.25, -0.2) is 0 Å². The van der Waals surface area contributed by atoms with E-state index < -0.39 is 0 Å². The molecule has 0 amide bonds. The zero-order chi connectivity index (χ0) is 10.2. The van der Waals surface area contributed by atoms with Gasteiger partial charge in [-0.1, -0.05) is 30.3 Å². The molecule has 1 aromatic carbocycles. The van der Waals surface area contributed by atoms with E-state index in [9.17, 15) is 0 Å². The van der Waals surface area contributed by atoms with Gasteiger partial charge in [0.1, 0.15) is 0 Å². The largest absolute Gasteiger partial charge is 0.377 e. The molecule has 0 aromatic heterocycles. The summed E-state index contributed by atoms with van der Waals surface area (Å²) in [7, 11) is 0. The van der Waals surface area contributed by atoms with E-state index in [1.807, 2.05) is 50.4 Å². The Morgan fingerprint density at radius 2 is 2.07 bits per heavy atom. The second-order valence-corrected chi connectivity index (χ2v) is 3.17. The number of aliphatic imine (C=N–C) groups is 1. The van der Waals surface area contributed by atoms with Gasteiger partial charge >= 0.3 is 0 Å². The highest BCUT2D eigenvalue weighted by Crippen LogP contribution is 1.95. The smallest absolute Gasteiger partial charge is 0.0741 e. The highest BCUT2D eigenvalue weighted by molar-refractivity contribution is 5.79. The molecule has 2 heteroatoms. The van der Waals surface area contributed by atoms with Crippen LogP contribution in [0.15, 0.2) is 35.3 Å². The summed E-state index contributed by atoms with van der Waals surface area (Å²) in [5.41, 5.74) is 1.14. The SMILES string of the molecule is CCOC(C)CN=Cc1ccccc1. The van der Waals surface area contributed by atoms with Crippen LogP contribution < -0.4 is 0 Å². The van der Waals surface area contributed by atoms with Crippen molar-refractivity contribution < 1.29 is 4.74 Å². The molecule has 0 aliphatic carbocycles. The van der Waals surface area contributed by atoms with Crippen molar-refractivity contribution in [3.05, 3.63) is 35.9 Å². The highest BCUT2D eigenvalue weighted by atomic mass is 16.5. The molecule has 76 valence electrons. The van der Waals surface area contributed by atoms with Crippen molar-refractivity contribution in [2.24, 2.45) is 4.99 Å². The molecule has 1 unspecified atom stereocenters. The molecule has 14 heavy (non-hydrogen) atoms. The Morgan fingerprint density at radius 3 is 2.71 bits per heavy atom. The zero-order valence-corrected chi connectivity index (χ0v) is 8.81. The fourth-order valence-electron chi connectivity index (χ4n) is 1.18. The van der Waals surface area contributed by atoms with Gasteiger partial charge in [0.2, 0.25) is 0 Å². The number of hydrogen-bond acceptors (Lipinski definition) is 2. The summed E-state index contributed by atoms with van der Waals surface area (Å²) in [6.45, 7) is 5.51. The van der Waals surface area contributed by atoms with Gasteiger partial charge in [0.15, 0.2) is 0 Å². The Hall–Kier alpha value is -1.15. The first kappa shape index (κ1) is 10.9. The van der Waals surface area contributed by atoms with Crippen molar-refractivity contribution in [1.29, 1.82) is 0 Å². The minimum Gasteiger partial charge on any atom is -0.377 e. The van der Waals surface area contributed by atoms with E-state index >= 15 is 0 Å². The van der Waals surface area contributed by atoms with E-state index in [4.69, 9.17) is 4.74 Å². The van der Waals surface area contributed by atoms with Crippen molar-refractivity contribution >= 4 is 6.21 Å². The van der Waals surface area contributed by atoms with Crippen molar-refractivity contribution in [3.63, 3.8) is 0 Å². The molecule has 1 rings (SSSR count). The summed E-state index contributed by atoms with van der Waals surface area (Å²) in [5, 5.41) is 0. The molecule has 0 radical (unpaired) electrons. The van der Waals surface area contributed by atoms with Gasteiger partial charge in [0, 0.05) is 12.8 Å². The standard InChI is InChI=1S/C12H17NO/c1-3-14-11(2)9-13-10-12-7-5-4-6-8-12/h4-8,10-11H,3,9H2,1-2H3. The van der Waals surface area contributed by atoms with Gasteiger partial charge in [-0.2, -0.15) is 0 Å². The van der Waals surface area contributed by atoms with Gasteiger partial charge < -0.3 is 4.74 Å². The number of hydrogen-bond donors (Lipinski definition) is 0. The summed E-state index contributed by atoms with van der Waals surface area (Å²) in [4.78, 5) is 4.31. The van der Waals surface area contributed by atoms with Crippen LogP contribution in [0.4, 0.5) is 0 Å². The normalized spacial score (nSPS) is 13.3. The third-order valence-corrected chi connectivity index (χ3v) is 1.85. The first-order valence-corrected chi connectivity index (χ1v) is 4.99. The number of rotatable bonds is 5. The monoisotopic (exact) mass is 191 g/mol. The van der Waals surface area contributed by atoms with Gasteiger partial charge in [-0.05, 0) is 19.4 Å². The molecule has 0 heterocycles. The molecule has 0 saturated heterocycles. The van der Waals surface area contributed by atoms with Crippen LogP contribution in [0, 0.1) is 0 Å². The van der Waals surface area contributed by atoms with Crippen LogP contribution in [0.25, 0.3) is 0 Å². The third kappa shape index (κ3) is 4.19. The second kappa shape index (κ2) is 6.33. The summed E-state index contributed by atoms with van der Waals surface area (Å²) in [6, 6.07) is 10.1. The summed E-state index contributed by atoms with van der Waals surface area (Å²) in [5.74, 6) is 0. The summed E-state index contributed by atoms with van der Waals surface area (Å²) in [6.07, 6.45) is 2.09. The third-order valence-electron chi connectivity index (χ3n) is 1.85. The quantitative estimate of drug-likeness (QED) is 0.655. The highest BCUT2D eigenvalue weighted by Gasteiger charge is 1.96. The van der Waals surface area contributed by atoms with Gasteiger partial charge in [0.05, 0.1) is 12.6 Å².